The van der Waals surface area contributed by atoms with E-state index in [1.54, 1.807) is 18.2 Å². The van der Waals surface area contributed by atoms with E-state index < -0.39 is 0 Å². The Hall–Kier alpha value is -3.54. The molecule has 4 rings (SSSR count). The second kappa shape index (κ2) is 8.22. The minimum absolute atomic E-state index is 0.119. The van der Waals surface area contributed by atoms with Crippen molar-refractivity contribution in [2.75, 3.05) is 25.5 Å². The number of aromatic nitrogens is 1. The van der Waals surface area contributed by atoms with E-state index in [0.29, 0.717) is 24.7 Å². The highest BCUT2D eigenvalue weighted by molar-refractivity contribution is 5.90. The van der Waals surface area contributed by atoms with Crippen LogP contribution in [0.5, 0.6) is 5.75 Å². The van der Waals surface area contributed by atoms with Gasteiger partial charge >= 0.3 is 6.03 Å². The first kappa shape index (κ1) is 18.8. The number of carbonyl (C=O) groups excluding carboxylic acids is 1. The average molecular weight is 389 g/mol. The van der Waals surface area contributed by atoms with Crippen LogP contribution < -0.4 is 10.1 Å². The van der Waals surface area contributed by atoms with E-state index in [9.17, 15) is 4.79 Å². The maximum Gasteiger partial charge on any atom is 0.322 e. The average Bonchev–Trinajstić information content (AvgIpc) is 3.20. The number of methoxy groups -OCH3 is 1. The van der Waals surface area contributed by atoms with E-state index >= 15 is 0 Å². The van der Waals surface area contributed by atoms with Crippen LogP contribution in [0.25, 0.3) is 17.0 Å². The number of urea groups is 1. The molecule has 0 atom stereocenters. The second-order valence-corrected chi connectivity index (χ2v) is 6.94. The Morgan fingerprint density at radius 1 is 1.17 bits per heavy atom. The smallest absolute Gasteiger partial charge is 0.322 e. The maximum absolute atomic E-state index is 12.7. The topological polar surface area (TPSA) is 67.6 Å². The largest absolute Gasteiger partial charge is 0.497 e. The standard InChI is InChI=1S/C23H23N3O3/c1-16-15-24-22(29-16)19-6-3-7-20(13-19)25-23(27)26-11-9-17(10-12-26)18-5-4-8-21(14-18)28-2/h3-9,13-15H,10-12H2,1-2H3,(H,25,27). The molecule has 0 fully saturated rings. The maximum atomic E-state index is 12.7. The zero-order valence-electron chi connectivity index (χ0n) is 16.5. The van der Waals surface area contributed by atoms with Crippen molar-refractivity contribution >= 4 is 17.3 Å². The summed E-state index contributed by atoms with van der Waals surface area (Å²) >= 11 is 0. The van der Waals surface area contributed by atoms with Crippen LogP contribution in [-0.4, -0.2) is 36.1 Å². The molecule has 6 heteroatoms. The molecule has 148 valence electrons. The van der Waals surface area contributed by atoms with Crippen molar-refractivity contribution in [3.05, 3.63) is 72.1 Å². The van der Waals surface area contributed by atoms with Gasteiger partial charge in [-0.3, -0.25) is 0 Å². The monoisotopic (exact) mass is 389 g/mol. The third-order valence-corrected chi connectivity index (χ3v) is 4.92. The zero-order valence-corrected chi connectivity index (χ0v) is 16.5. The second-order valence-electron chi connectivity index (χ2n) is 6.94. The Morgan fingerprint density at radius 2 is 2.00 bits per heavy atom. The summed E-state index contributed by atoms with van der Waals surface area (Å²) in [6, 6.07) is 15.4. The van der Waals surface area contributed by atoms with Crippen molar-refractivity contribution in [3.8, 4) is 17.2 Å². The molecule has 2 heterocycles. The van der Waals surface area contributed by atoms with Crippen molar-refractivity contribution in [2.45, 2.75) is 13.3 Å². The van der Waals surface area contributed by atoms with E-state index in [2.05, 4.69) is 22.4 Å². The number of hydrogen-bond donors (Lipinski definition) is 1. The van der Waals surface area contributed by atoms with Crippen molar-refractivity contribution in [2.24, 2.45) is 0 Å². The number of benzene rings is 2. The fourth-order valence-electron chi connectivity index (χ4n) is 3.36. The molecule has 0 spiro atoms. The van der Waals surface area contributed by atoms with Gasteiger partial charge in [-0.1, -0.05) is 24.3 Å². The Morgan fingerprint density at radius 3 is 2.72 bits per heavy atom. The van der Waals surface area contributed by atoms with Gasteiger partial charge in [-0.25, -0.2) is 9.78 Å². The van der Waals surface area contributed by atoms with Crippen molar-refractivity contribution in [1.82, 2.24) is 9.88 Å². The molecule has 2 aromatic carbocycles. The molecule has 0 unspecified atom stereocenters. The first-order chi connectivity index (χ1) is 14.1. The van der Waals surface area contributed by atoms with Gasteiger partial charge in [-0.05, 0) is 54.8 Å². The first-order valence-corrected chi connectivity index (χ1v) is 9.54. The van der Waals surface area contributed by atoms with E-state index in [1.807, 2.05) is 49.4 Å². The molecule has 2 amide bonds. The number of hydrogen-bond acceptors (Lipinski definition) is 4. The summed E-state index contributed by atoms with van der Waals surface area (Å²) in [5, 5.41) is 2.97. The highest BCUT2D eigenvalue weighted by atomic mass is 16.5. The van der Waals surface area contributed by atoms with E-state index in [1.165, 1.54) is 5.57 Å². The zero-order chi connectivity index (χ0) is 20.2. The molecule has 0 saturated carbocycles. The predicted octanol–water partition coefficient (Wildman–Crippen LogP) is 4.98. The summed E-state index contributed by atoms with van der Waals surface area (Å²) in [5.74, 6) is 2.13. The van der Waals surface area contributed by atoms with Crippen LogP contribution in [0.3, 0.4) is 0 Å². The highest BCUT2D eigenvalue weighted by Gasteiger charge is 2.18. The first-order valence-electron chi connectivity index (χ1n) is 9.54. The lowest BCUT2D eigenvalue weighted by molar-refractivity contribution is 0.217. The summed E-state index contributed by atoms with van der Waals surface area (Å²) in [4.78, 5) is 18.7. The summed E-state index contributed by atoms with van der Waals surface area (Å²) in [6.45, 7) is 3.08. The summed E-state index contributed by atoms with van der Waals surface area (Å²) in [6.07, 6.45) is 4.58. The van der Waals surface area contributed by atoms with Gasteiger partial charge in [-0.2, -0.15) is 0 Å². The minimum Gasteiger partial charge on any atom is -0.497 e. The van der Waals surface area contributed by atoms with Gasteiger partial charge < -0.3 is 19.4 Å². The number of nitrogens with zero attached hydrogens (tertiary/aromatic N) is 2. The van der Waals surface area contributed by atoms with Gasteiger partial charge in [0.05, 0.1) is 13.3 Å². The Kier molecular flexibility index (Phi) is 5.33. The molecule has 1 N–H and O–H groups in total. The highest BCUT2D eigenvalue weighted by Crippen LogP contribution is 2.26. The number of nitrogens with one attached hydrogen (secondary N) is 1. The van der Waals surface area contributed by atoms with Crippen molar-refractivity contribution in [3.63, 3.8) is 0 Å². The number of carbonyl (C=O) groups is 1. The predicted molar refractivity (Wildman–Crippen MR) is 113 cm³/mol. The molecule has 29 heavy (non-hydrogen) atoms. The molecule has 3 aromatic rings. The fourth-order valence-corrected chi connectivity index (χ4v) is 3.36. The molecular weight excluding hydrogens is 366 g/mol. The van der Waals surface area contributed by atoms with Crippen LogP contribution >= 0.6 is 0 Å². The molecule has 1 aliphatic rings. The molecule has 0 bridgehead atoms. The van der Waals surface area contributed by atoms with Gasteiger partial charge in [0.2, 0.25) is 5.89 Å². The molecule has 0 aliphatic carbocycles. The number of aryl methyl sites for hydroxylation is 1. The fraction of sp³-hybridized carbons (Fsp3) is 0.217. The van der Waals surface area contributed by atoms with E-state index in [4.69, 9.17) is 9.15 Å². The molecule has 1 aliphatic heterocycles. The van der Waals surface area contributed by atoms with E-state index in [0.717, 1.165) is 29.1 Å². The Labute approximate surface area is 169 Å². The molecule has 6 nitrogen and oxygen atoms in total. The number of oxazole rings is 1. The van der Waals surface area contributed by atoms with Crippen LogP contribution in [0.1, 0.15) is 17.7 Å². The lowest BCUT2D eigenvalue weighted by atomic mass is 9.99. The molecule has 0 saturated heterocycles. The Balaban J connectivity index is 1.42. The molecular formula is C23H23N3O3. The van der Waals surface area contributed by atoms with Gasteiger partial charge in [0.15, 0.2) is 0 Å². The summed E-state index contributed by atoms with van der Waals surface area (Å²) in [7, 11) is 1.67. The van der Waals surface area contributed by atoms with Crippen LogP contribution in [0.2, 0.25) is 0 Å². The summed E-state index contributed by atoms with van der Waals surface area (Å²) in [5.41, 5.74) is 3.91. The minimum atomic E-state index is -0.119. The van der Waals surface area contributed by atoms with Crippen LogP contribution in [0, 0.1) is 6.92 Å². The van der Waals surface area contributed by atoms with Crippen LogP contribution in [-0.2, 0) is 0 Å². The van der Waals surface area contributed by atoms with Gasteiger partial charge in [-0.15, -0.1) is 0 Å². The Bertz CT molecular complexity index is 1050. The van der Waals surface area contributed by atoms with Crippen molar-refractivity contribution < 1.29 is 13.9 Å². The molecule has 0 radical (unpaired) electrons. The van der Waals surface area contributed by atoms with Crippen LogP contribution in [0.15, 0.2) is 65.2 Å². The van der Waals surface area contributed by atoms with E-state index in [-0.39, 0.29) is 6.03 Å². The van der Waals surface area contributed by atoms with Crippen LogP contribution in [0.4, 0.5) is 10.5 Å². The van der Waals surface area contributed by atoms with Gasteiger partial charge in [0, 0.05) is 24.3 Å². The summed E-state index contributed by atoms with van der Waals surface area (Å²) < 4.78 is 10.9. The quantitative estimate of drug-likeness (QED) is 0.683. The number of rotatable bonds is 4. The van der Waals surface area contributed by atoms with Gasteiger partial charge in [0.1, 0.15) is 11.5 Å². The molecule has 1 aromatic heterocycles. The number of anilines is 1. The lowest BCUT2D eigenvalue weighted by Gasteiger charge is -2.27. The number of amides is 2. The normalized spacial score (nSPS) is 13.7. The lowest BCUT2D eigenvalue weighted by Crippen LogP contribution is -2.37. The third kappa shape index (κ3) is 4.32. The van der Waals surface area contributed by atoms with Gasteiger partial charge in [0.25, 0.3) is 0 Å². The SMILES string of the molecule is COc1cccc(C2=CCN(C(=O)Nc3cccc(-c4ncc(C)o4)c3)CC2)c1. The third-order valence-electron chi connectivity index (χ3n) is 4.92. The number of ether oxygens (including phenoxy) is 1. The van der Waals surface area contributed by atoms with Crippen molar-refractivity contribution in [1.29, 1.82) is 0 Å².